The molecule has 0 aromatic heterocycles. The first kappa shape index (κ1) is 23.2. The van der Waals surface area contributed by atoms with Gasteiger partial charge in [-0.3, -0.25) is 19.8 Å². The largest absolute Gasteiger partial charge is 0.407 e. The van der Waals surface area contributed by atoms with Gasteiger partial charge in [-0.2, -0.15) is 18.3 Å². The van der Waals surface area contributed by atoms with Gasteiger partial charge in [0.05, 0.1) is 42.9 Å². The van der Waals surface area contributed by atoms with Gasteiger partial charge in [-0.1, -0.05) is 6.92 Å². The molecule has 1 fully saturated rings. The van der Waals surface area contributed by atoms with Crippen molar-refractivity contribution in [1.82, 2.24) is 9.91 Å². The maximum Gasteiger partial charge on any atom is 0.407 e. The lowest BCUT2D eigenvalue weighted by Gasteiger charge is -2.34. The van der Waals surface area contributed by atoms with Gasteiger partial charge in [-0.15, -0.1) is 0 Å². The second kappa shape index (κ2) is 9.09. The van der Waals surface area contributed by atoms with Crippen LogP contribution in [0.4, 0.5) is 13.2 Å². The first-order valence-electron chi connectivity index (χ1n) is 11.1. The number of carbonyl (C=O) groups is 1. The highest BCUT2D eigenvalue weighted by Gasteiger charge is 2.53. The number of ether oxygens (including phenoxy) is 2. The van der Waals surface area contributed by atoms with Gasteiger partial charge in [0.25, 0.3) is 0 Å². The molecule has 6 unspecified atom stereocenters. The van der Waals surface area contributed by atoms with Crippen molar-refractivity contribution in [1.29, 1.82) is 0 Å². The zero-order valence-corrected chi connectivity index (χ0v) is 18.5. The number of fused-ring (bicyclic) bond motifs is 1. The lowest BCUT2D eigenvalue weighted by Crippen LogP contribution is -2.48. The molecule has 8 nitrogen and oxygen atoms in total. The zero-order chi connectivity index (χ0) is 23.0. The van der Waals surface area contributed by atoms with Gasteiger partial charge in [-0.25, -0.2) is 0 Å². The van der Waals surface area contributed by atoms with Crippen LogP contribution in [0.5, 0.6) is 0 Å². The lowest BCUT2D eigenvalue weighted by molar-refractivity contribution is -0.147. The van der Waals surface area contributed by atoms with E-state index in [0.29, 0.717) is 18.9 Å². The maximum atomic E-state index is 13.3. The van der Waals surface area contributed by atoms with Gasteiger partial charge in [0, 0.05) is 32.1 Å². The van der Waals surface area contributed by atoms with E-state index < -0.39 is 30.9 Å². The number of likely N-dealkylation sites (tertiary alicyclic amines) is 1. The first-order chi connectivity index (χ1) is 15.2. The van der Waals surface area contributed by atoms with Crippen LogP contribution < -0.4 is 0 Å². The molecule has 0 spiro atoms. The molecule has 0 N–H and O–H groups in total. The number of hydrogen-bond acceptors (Lipinski definition) is 7. The van der Waals surface area contributed by atoms with Crippen molar-refractivity contribution in [3.05, 3.63) is 0 Å². The molecular weight excluding hydrogens is 427 g/mol. The fraction of sp³-hybridized carbons (Fsp3) is 0.810. The molecule has 178 valence electrons. The Morgan fingerprint density at radius 1 is 1.25 bits per heavy atom. The van der Waals surface area contributed by atoms with Crippen LogP contribution >= 0.6 is 0 Å². The van der Waals surface area contributed by atoms with E-state index in [9.17, 15) is 18.0 Å². The van der Waals surface area contributed by atoms with E-state index in [1.165, 1.54) is 18.2 Å². The number of rotatable bonds is 6. The van der Waals surface area contributed by atoms with Crippen molar-refractivity contribution in [3.8, 4) is 0 Å². The number of amides is 1. The third-order valence-corrected chi connectivity index (χ3v) is 6.62. The average Bonchev–Trinajstić information content (AvgIpc) is 3.28. The Kier molecular flexibility index (Phi) is 6.58. The summed E-state index contributed by atoms with van der Waals surface area (Å²) >= 11 is 0. The molecule has 0 aliphatic carbocycles. The summed E-state index contributed by atoms with van der Waals surface area (Å²) in [5.41, 5.74) is 0.663. The predicted octanol–water partition coefficient (Wildman–Crippen LogP) is 1.99. The number of methoxy groups -OCH3 is 1. The summed E-state index contributed by atoms with van der Waals surface area (Å²) in [6.07, 6.45) is -0.0857. The standard InChI is InChI=1S/C21H30F3N5O3/c1-4-32-15-6-13(7-25-9-15)16-5-12(2)17-18(27-16)20(31-3)29(19(17)30)14-8-26-28(10-14)11-21(22,23)24/h7-8,12-17,20H,4-6,9-11H2,1-3H3/t12?,13?,14?,15?,16?,17?,20-/m0/s1. The summed E-state index contributed by atoms with van der Waals surface area (Å²) < 4.78 is 49.7. The molecule has 0 bridgehead atoms. The molecule has 0 radical (unpaired) electrons. The summed E-state index contributed by atoms with van der Waals surface area (Å²) in [4.78, 5) is 24.3. The number of carbonyl (C=O) groups excluding carboxylic acids is 1. The van der Waals surface area contributed by atoms with Gasteiger partial charge >= 0.3 is 6.18 Å². The van der Waals surface area contributed by atoms with Crippen LogP contribution in [0.1, 0.15) is 26.7 Å². The highest BCUT2D eigenvalue weighted by molar-refractivity contribution is 6.14. The Bertz CT molecular complexity index is 802. The smallest absolute Gasteiger partial charge is 0.377 e. The van der Waals surface area contributed by atoms with Crippen LogP contribution in [0.25, 0.3) is 0 Å². The first-order valence-corrected chi connectivity index (χ1v) is 11.1. The molecule has 4 aliphatic rings. The number of hydrazone groups is 1. The normalized spacial score (nSPS) is 37.2. The van der Waals surface area contributed by atoms with E-state index >= 15 is 0 Å². The van der Waals surface area contributed by atoms with Crippen molar-refractivity contribution >= 4 is 24.0 Å². The zero-order valence-electron chi connectivity index (χ0n) is 18.5. The monoisotopic (exact) mass is 457 g/mol. The Morgan fingerprint density at radius 2 is 2.03 bits per heavy atom. The SMILES string of the molecule is CCOC1CN=CC(C2CC(C)C3C(=O)N(C4C=NN(CC(F)(F)F)C4)[C@@H](OC)C3=N2)C1. The number of alkyl halides is 3. The molecule has 4 aliphatic heterocycles. The fourth-order valence-electron chi connectivity index (χ4n) is 5.30. The van der Waals surface area contributed by atoms with E-state index in [4.69, 9.17) is 14.5 Å². The highest BCUT2D eigenvalue weighted by Crippen LogP contribution is 2.39. The molecule has 0 aromatic carbocycles. The lowest BCUT2D eigenvalue weighted by atomic mass is 9.78. The molecule has 32 heavy (non-hydrogen) atoms. The van der Waals surface area contributed by atoms with Crippen molar-refractivity contribution in [2.24, 2.45) is 32.8 Å². The summed E-state index contributed by atoms with van der Waals surface area (Å²) in [7, 11) is 1.50. The number of aliphatic imine (C=N–C) groups is 2. The molecule has 11 heteroatoms. The van der Waals surface area contributed by atoms with E-state index in [-0.39, 0.29) is 36.4 Å². The minimum absolute atomic E-state index is 0.0196. The quantitative estimate of drug-likeness (QED) is 0.611. The third kappa shape index (κ3) is 4.54. The summed E-state index contributed by atoms with van der Waals surface area (Å²) in [6.45, 7) is 4.10. The second-order valence-electron chi connectivity index (χ2n) is 8.93. The van der Waals surface area contributed by atoms with Gasteiger partial charge < -0.3 is 14.4 Å². The number of halogens is 3. The van der Waals surface area contributed by atoms with Crippen LogP contribution in [0.2, 0.25) is 0 Å². The Balaban J connectivity index is 1.53. The number of hydrogen-bond donors (Lipinski definition) is 0. The second-order valence-corrected chi connectivity index (χ2v) is 8.93. The minimum Gasteiger partial charge on any atom is -0.377 e. The summed E-state index contributed by atoms with van der Waals surface area (Å²) in [5.74, 6) is -0.429. The van der Waals surface area contributed by atoms with Crippen molar-refractivity contribution in [2.75, 3.05) is 33.4 Å². The topological polar surface area (TPSA) is 79.1 Å². The Morgan fingerprint density at radius 3 is 2.72 bits per heavy atom. The van der Waals surface area contributed by atoms with Gasteiger partial charge in [0.2, 0.25) is 5.91 Å². The number of nitrogens with zero attached hydrogens (tertiary/aromatic N) is 5. The Hall–Kier alpha value is -2.01. The maximum absolute atomic E-state index is 13.3. The van der Waals surface area contributed by atoms with E-state index in [1.54, 1.807) is 0 Å². The van der Waals surface area contributed by atoms with Gasteiger partial charge in [0.1, 0.15) is 6.54 Å². The molecular formula is C21H30F3N5O3. The van der Waals surface area contributed by atoms with Gasteiger partial charge in [0.15, 0.2) is 6.23 Å². The average molecular weight is 457 g/mol. The molecule has 4 rings (SSSR count). The molecule has 4 heterocycles. The molecule has 0 saturated carbocycles. The Labute approximate surface area is 185 Å². The highest BCUT2D eigenvalue weighted by atomic mass is 19.4. The van der Waals surface area contributed by atoms with Crippen LogP contribution in [0, 0.1) is 17.8 Å². The molecule has 1 saturated heterocycles. The molecule has 1 amide bonds. The van der Waals surface area contributed by atoms with E-state index in [2.05, 4.69) is 10.1 Å². The molecule has 0 aromatic rings. The van der Waals surface area contributed by atoms with Crippen LogP contribution in [0.3, 0.4) is 0 Å². The van der Waals surface area contributed by atoms with E-state index in [0.717, 1.165) is 17.9 Å². The summed E-state index contributed by atoms with van der Waals surface area (Å²) in [5, 5.41) is 4.81. The van der Waals surface area contributed by atoms with Crippen molar-refractivity contribution in [2.45, 2.75) is 57.3 Å². The van der Waals surface area contributed by atoms with Gasteiger partial charge in [-0.05, 0) is 25.7 Å². The minimum atomic E-state index is -4.36. The van der Waals surface area contributed by atoms with Crippen molar-refractivity contribution in [3.63, 3.8) is 0 Å². The predicted molar refractivity (Wildman–Crippen MR) is 113 cm³/mol. The summed E-state index contributed by atoms with van der Waals surface area (Å²) in [6, 6.07) is -0.625. The van der Waals surface area contributed by atoms with Crippen molar-refractivity contribution < 1.29 is 27.4 Å². The van der Waals surface area contributed by atoms with E-state index in [1.807, 2.05) is 20.1 Å². The van der Waals surface area contributed by atoms with Crippen LogP contribution in [0.15, 0.2) is 15.1 Å². The van der Waals surface area contributed by atoms with Crippen LogP contribution in [-0.4, -0.2) is 97.9 Å². The fourth-order valence-corrected chi connectivity index (χ4v) is 5.30. The molecule has 7 atom stereocenters. The third-order valence-electron chi connectivity index (χ3n) is 6.62. The van der Waals surface area contributed by atoms with Crippen LogP contribution in [-0.2, 0) is 14.3 Å².